The fourth-order valence-electron chi connectivity index (χ4n) is 3.99. The molecule has 1 amide bonds. The van der Waals surface area contributed by atoms with Gasteiger partial charge in [0.05, 0.1) is 12.7 Å². The molecule has 5 aromatic rings. The number of nitrogens with one attached hydrogen (secondary N) is 1. The van der Waals surface area contributed by atoms with Crippen molar-refractivity contribution in [1.29, 1.82) is 0 Å². The highest BCUT2D eigenvalue weighted by Gasteiger charge is 2.12. The molecule has 0 fully saturated rings. The number of hydrogen-bond acceptors (Lipinski definition) is 4. The lowest BCUT2D eigenvalue weighted by Gasteiger charge is -2.11. The Labute approximate surface area is 204 Å². The zero-order chi connectivity index (χ0) is 23.9. The molecule has 0 aliphatic carbocycles. The van der Waals surface area contributed by atoms with E-state index >= 15 is 0 Å². The van der Waals surface area contributed by atoms with Gasteiger partial charge in [-0.25, -0.2) is 4.68 Å². The van der Waals surface area contributed by atoms with E-state index in [2.05, 4.69) is 44.9 Å². The smallest absolute Gasteiger partial charge is 0.251 e. The quantitative estimate of drug-likeness (QED) is 0.353. The predicted molar refractivity (Wildman–Crippen MR) is 137 cm³/mol. The molecule has 0 saturated carbocycles. The van der Waals surface area contributed by atoms with Crippen molar-refractivity contribution >= 4 is 5.91 Å². The van der Waals surface area contributed by atoms with Gasteiger partial charge < -0.3 is 5.32 Å². The van der Waals surface area contributed by atoms with E-state index in [1.807, 2.05) is 77.6 Å². The number of benzene rings is 3. The molecule has 2 aromatic heterocycles. The zero-order valence-electron chi connectivity index (χ0n) is 19.2. The minimum absolute atomic E-state index is 0.0586. The maximum absolute atomic E-state index is 12.9. The van der Waals surface area contributed by atoms with Crippen LogP contribution >= 0.6 is 0 Å². The van der Waals surface area contributed by atoms with E-state index in [1.165, 1.54) is 5.56 Å². The van der Waals surface area contributed by atoms with Crippen molar-refractivity contribution in [3.8, 4) is 22.4 Å². The monoisotopic (exact) mass is 459 g/mol. The number of rotatable bonds is 8. The Bertz CT molecular complexity index is 1400. The summed E-state index contributed by atoms with van der Waals surface area (Å²) in [5.41, 5.74) is 6.72. The van der Waals surface area contributed by atoms with Crippen LogP contribution in [0.1, 0.15) is 21.5 Å². The molecule has 0 spiro atoms. The number of nitrogens with zero attached hydrogens (tertiary/aromatic N) is 4. The first-order valence-electron chi connectivity index (χ1n) is 11.6. The van der Waals surface area contributed by atoms with Crippen LogP contribution in [-0.4, -0.2) is 32.4 Å². The molecule has 1 N–H and O–H groups in total. The molecule has 35 heavy (non-hydrogen) atoms. The molecule has 6 heteroatoms. The van der Waals surface area contributed by atoms with Gasteiger partial charge in [-0.2, -0.15) is 0 Å². The summed E-state index contributed by atoms with van der Waals surface area (Å²) in [4.78, 5) is 17.0. The van der Waals surface area contributed by atoms with Crippen molar-refractivity contribution in [2.45, 2.75) is 13.0 Å². The van der Waals surface area contributed by atoms with Crippen LogP contribution in [0, 0.1) is 0 Å². The SMILES string of the molecule is O=C(NCCc1ccc(Cn2cc(-c3cccnc3)nn2)cc1)c1ccccc1-c1ccccc1. The molecule has 0 atom stereocenters. The van der Waals surface area contributed by atoms with Crippen molar-refractivity contribution in [2.75, 3.05) is 6.54 Å². The van der Waals surface area contributed by atoms with Crippen LogP contribution in [0.3, 0.4) is 0 Å². The van der Waals surface area contributed by atoms with Gasteiger partial charge in [-0.3, -0.25) is 9.78 Å². The van der Waals surface area contributed by atoms with E-state index in [4.69, 9.17) is 0 Å². The highest BCUT2D eigenvalue weighted by molar-refractivity contribution is 6.00. The van der Waals surface area contributed by atoms with Crippen LogP contribution in [0.2, 0.25) is 0 Å². The zero-order valence-corrected chi connectivity index (χ0v) is 19.2. The summed E-state index contributed by atoms with van der Waals surface area (Å²) in [6.07, 6.45) is 6.20. The summed E-state index contributed by atoms with van der Waals surface area (Å²) in [6, 6.07) is 29.9. The third-order valence-corrected chi connectivity index (χ3v) is 5.82. The first kappa shape index (κ1) is 22.2. The molecule has 2 heterocycles. The maximum Gasteiger partial charge on any atom is 0.251 e. The average molecular weight is 460 g/mol. The van der Waals surface area contributed by atoms with Crippen LogP contribution in [0.5, 0.6) is 0 Å². The average Bonchev–Trinajstić information content (AvgIpc) is 3.39. The topological polar surface area (TPSA) is 72.7 Å². The third-order valence-electron chi connectivity index (χ3n) is 5.82. The molecule has 0 radical (unpaired) electrons. The second-order valence-corrected chi connectivity index (χ2v) is 8.28. The van der Waals surface area contributed by atoms with Crippen LogP contribution < -0.4 is 5.32 Å². The van der Waals surface area contributed by atoms with Crippen LogP contribution in [0.4, 0.5) is 0 Å². The van der Waals surface area contributed by atoms with E-state index in [0.29, 0.717) is 18.7 Å². The summed E-state index contributed by atoms with van der Waals surface area (Å²) >= 11 is 0. The fraction of sp³-hybridized carbons (Fsp3) is 0.103. The van der Waals surface area contributed by atoms with Crippen molar-refractivity contribution < 1.29 is 4.79 Å². The number of carbonyl (C=O) groups excluding carboxylic acids is 1. The van der Waals surface area contributed by atoms with E-state index in [-0.39, 0.29) is 5.91 Å². The Kier molecular flexibility index (Phi) is 6.71. The number of amides is 1. The molecular weight excluding hydrogens is 434 g/mol. The molecule has 0 saturated heterocycles. The molecule has 3 aromatic carbocycles. The lowest BCUT2D eigenvalue weighted by Crippen LogP contribution is -2.26. The van der Waals surface area contributed by atoms with Gasteiger partial charge in [-0.05, 0) is 46.9 Å². The molecular formula is C29H25N5O. The largest absolute Gasteiger partial charge is 0.352 e. The molecule has 6 nitrogen and oxygen atoms in total. The Morgan fingerprint density at radius 3 is 2.34 bits per heavy atom. The summed E-state index contributed by atoms with van der Waals surface area (Å²) in [6.45, 7) is 1.21. The van der Waals surface area contributed by atoms with E-state index in [0.717, 1.165) is 34.4 Å². The summed E-state index contributed by atoms with van der Waals surface area (Å²) in [5.74, 6) is -0.0586. The van der Waals surface area contributed by atoms with E-state index in [9.17, 15) is 4.79 Å². The van der Waals surface area contributed by atoms with Gasteiger partial charge in [0.2, 0.25) is 0 Å². The van der Waals surface area contributed by atoms with Gasteiger partial charge in [0.15, 0.2) is 0 Å². The van der Waals surface area contributed by atoms with Gasteiger partial charge in [-0.1, -0.05) is 78.0 Å². The summed E-state index contributed by atoms with van der Waals surface area (Å²) in [5, 5.41) is 11.5. The minimum Gasteiger partial charge on any atom is -0.352 e. The highest BCUT2D eigenvalue weighted by atomic mass is 16.1. The maximum atomic E-state index is 12.9. The molecule has 0 aliphatic heterocycles. The number of hydrogen-bond donors (Lipinski definition) is 1. The molecule has 172 valence electrons. The van der Waals surface area contributed by atoms with Gasteiger partial charge in [0, 0.05) is 30.1 Å². The van der Waals surface area contributed by atoms with Crippen LogP contribution in [0.15, 0.2) is 110 Å². The highest BCUT2D eigenvalue weighted by Crippen LogP contribution is 2.23. The summed E-state index contributed by atoms with van der Waals surface area (Å²) < 4.78 is 1.82. The molecule has 0 aliphatic rings. The van der Waals surface area contributed by atoms with Crippen molar-refractivity contribution in [2.24, 2.45) is 0 Å². The Hall–Kier alpha value is -4.58. The van der Waals surface area contributed by atoms with E-state index in [1.54, 1.807) is 12.4 Å². The predicted octanol–water partition coefficient (Wildman–Crippen LogP) is 5.03. The van der Waals surface area contributed by atoms with Crippen molar-refractivity contribution in [3.05, 3.63) is 126 Å². The lowest BCUT2D eigenvalue weighted by atomic mass is 9.99. The van der Waals surface area contributed by atoms with Crippen LogP contribution in [-0.2, 0) is 13.0 Å². The van der Waals surface area contributed by atoms with Crippen molar-refractivity contribution in [3.63, 3.8) is 0 Å². The van der Waals surface area contributed by atoms with Gasteiger partial charge >= 0.3 is 0 Å². The number of aromatic nitrogens is 4. The molecule has 5 rings (SSSR count). The first-order chi connectivity index (χ1) is 17.3. The third kappa shape index (κ3) is 5.50. The Balaban J connectivity index is 1.16. The van der Waals surface area contributed by atoms with Gasteiger partial charge in [0.25, 0.3) is 5.91 Å². The first-order valence-corrected chi connectivity index (χ1v) is 11.6. The fourth-order valence-corrected chi connectivity index (χ4v) is 3.99. The van der Waals surface area contributed by atoms with Gasteiger partial charge in [0.1, 0.15) is 5.69 Å². The second kappa shape index (κ2) is 10.6. The normalized spacial score (nSPS) is 10.7. The molecule has 0 unspecified atom stereocenters. The molecule has 0 bridgehead atoms. The second-order valence-electron chi connectivity index (χ2n) is 8.28. The summed E-state index contributed by atoms with van der Waals surface area (Å²) in [7, 11) is 0. The lowest BCUT2D eigenvalue weighted by molar-refractivity contribution is 0.0955. The Morgan fingerprint density at radius 1 is 0.800 bits per heavy atom. The van der Waals surface area contributed by atoms with E-state index < -0.39 is 0 Å². The minimum atomic E-state index is -0.0586. The standard InChI is InChI=1S/C29H25N5O/c35-29(27-11-5-4-10-26(27)24-7-2-1-3-8-24)31-18-16-22-12-14-23(15-13-22)20-34-21-28(32-33-34)25-9-6-17-30-19-25/h1-15,17,19,21H,16,18,20H2,(H,31,35). The van der Waals surface area contributed by atoms with Crippen LogP contribution in [0.25, 0.3) is 22.4 Å². The Morgan fingerprint density at radius 2 is 1.54 bits per heavy atom. The van der Waals surface area contributed by atoms with Crippen molar-refractivity contribution in [1.82, 2.24) is 25.3 Å². The van der Waals surface area contributed by atoms with Gasteiger partial charge in [-0.15, -0.1) is 5.10 Å². The number of carbonyl (C=O) groups is 1. The number of pyridine rings is 1.